The molecule has 0 aliphatic rings. The van der Waals surface area contributed by atoms with E-state index < -0.39 is 0 Å². The van der Waals surface area contributed by atoms with Crippen molar-refractivity contribution in [2.24, 2.45) is 0 Å². The van der Waals surface area contributed by atoms with E-state index in [1.807, 2.05) is 19.1 Å². The fourth-order valence-corrected chi connectivity index (χ4v) is 2.25. The third-order valence-electron chi connectivity index (χ3n) is 3.43. The Kier molecular flexibility index (Phi) is 4.27. The zero-order valence-electron chi connectivity index (χ0n) is 11.6. The number of aryl methyl sites for hydroxylation is 1. The molecule has 1 aromatic carbocycles. The molecule has 0 amide bonds. The molecule has 3 heteroatoms. The van der Waals surface area contributed by atoms with Crippen LogP contribution in [0.1, 0.15) is 35.3 Å². The zero-order chi connectivity index (χ0) is 13.8. The number of hydrogen-bond acceptors (Lipinski definition) is 2. The van der Waals surface area contributed by atoms with Crippen molar-refractivity contribution in [1.29, 1.82) is 0 Å². The monoisotopic (exact) mass is 258 g/mol. The van der Waals surface area contributed by atoms with Crippen LogP contribution in [0.25, 0.3) is 0 Å². The van der Waals surface area contributed by atoms with E-state index in [-0.39, 0.29) is 11.9 Å². The molecule has 0 spiro atoms. The molecule has 19 heavy (non-hydrogen) atoms. The van der Waals surface area contributed by atoms with Gasteiger partial charge in [0.1, 0.15) is 5.82 Å². The predicted molar refractivity (Wildman–Crippen MR) is 75.6 cm³/mol. The van der Waals surface area contributed by atoms with Gasteiger partial charge in [0.15, 0.2) is 0 Å². The Morgan fingerprint density at radius 3 is 2.68 bits per heavy atom. The second-order valence-electron chi connectivity index (χ2n) is 4.65. The van der Waals surface area contributed by atoms with Crippen LogP contribution in [0, 0.1) is 19.7 Å². The standard InChI is InChI=1S/C16H19FN2/c1-4-18-15(16-14(17)9-6-10-19-16)13-8-5-7-11(2)12(13)3/h5-10,15,18H,4H2,1-3H3. The van der Waals surface area contributed by atoms with E-state index in [4.69, 9.17) is 0 Å². The smallest absolute Gasteiger partial charge is 0.146 e. The predicted octanol–water partition coefficient (Wildman–Crippen LogP) is 3.54. The maximum atomic E-state index is 14.0. The summed E-state index contributed by atoms with van der Waals surface area (Å²) in [5.41, 5.74) is 3.92. The van der Waals surface area contributed by atoms with Crippen LogP contribution in [-0.4, -0.2) is 11.5 Å². The summed E-state index contributed by atoms with van der Waals surface area (Å²) in [6.07, 6.45) is 1.63. The van der Waals surface area contributed by atoms with E-state index >= 15 is 0 Å². The number of halogens is 1. The van der Waals surface area contributed by atoms with Crippen LogP contribution in [0.15, 0.2) is 36.5 Å². The van der Waals surface area contributed by atoms with Crippen molar-refractivity contribution in [3.8, 4) is 0 Å². The normalized spacial score (nSPS) is 12.4. The molecule has 0 aliphatic carbocycles. The first kappa shape index (κ1) is 13.7. The van der Waals surface area contributed by atoms with Crippen LogP contribution in [0.4, 0.5) is 4.39 Å². The van der Waals surface area contributed by atoms with Gasteiger partial charge in [0.25, 0.3) is 0 Å². The average molecular weight is 258 g/mol. The highest BCUT2D eigenvalue weighted by Gasteiger charge is 2.20. The minimum Gasteiger partial charge on any atom is -0.305 e. The van der Waals surface area contributed by atoms with Crippen molar-refractivity contribution < 1.29 is 4.39 Å². The van der Waals surface area contributed by atoms with Gasteiger partial charge in [-0.3, -0.25) is 4.98 Å². The van der Waals surface area contributed by atoms with Gasteiger partial charge < -0.3 is 5.32 Å². The minimum atomic E-state index is -0.269. The number of pyridine rings is 1. The van der Waals surface area contributed by atoms with Crippen molar-refractivity contribution in [1.82, 2.24) is 10.3 Å². The Labute approximate surface area is 113 Å². The molecule has 1 N–H and O–H groups in total. The van der Waals surface area contributed by atoms with E-state index in [2.05, 4.69) is 30.2 Å². The number of hydrogen-bond donors (Lipinski definition) is 1. The lowest BCUT2D eigenvalue weighted by Gasteiger charge is -2.21. The molecule has 2 aromatic rings. The second kappa shape index (κ2) is 5.93. The van der Waals surface area contributed by atoms with E-state index in [1.165, 1.54) is 17.2 Å². The van der Waals surface area contributed by atoms with Gasteiger partial charge in [0.05, 0.1) is 11.7 Å². The number of aromatic nitrogens is 1. The van der Waals surface area contributed by atoms with Crippen molar-refractivity contribution in [3.05, 3.63) is 64.7 Å². The van der Waals surface area contributed by atoms with Crippen molar-refractivity contribution >= 4 is 0 Å². The van der Waals surface area contributed by atoms with Gasteiger partial charge in [-0.2, -0.15) is 0 Å². The fraction of sp³-hybridized carbons (Fsp3) is 0.312. The molecule has 0 fully saturated rings. The second-order valence-corrected chi connectivity index (χ2v) is 4.65. The first-order valence-electron chi connectivity index (χ1n) is 6.55. The van der Waals surface area contributed by atoms with Crippen LogP contribution in [0.2, 0.25) is 0 Å². The molecule has 1 heterocycles. The fourth-order valence-electron chi connectivity index (χ4n) is 2.25. The Hall–Kier alpha value is -1.74. The van der Waals surface area contributed by atoms with E-state index in [0.29, 0.717) is 5.69 Å². The Morgan fingerprint density at radius 2 is 2.00 bits per heavy atom. The molecule has 2 nitrogen and oxygen atoms in total. The topological polar surface area (TPSA) is 24.9 Å². The minimum absolute atomic E-state index is 0.203. The molecule has 1 atom stereocenters. The zero-order valence-corrected chi connectivity index (χ0v) is 11.6. The summed E-state index contributed by atoms with van der Waals surface area (Å²) in [6.45, 7) is 6.90. The summed E-state index contributed by atoms with van der Waals surface area (Å²) in [5.74, 6) is -0.269. The van der Waals surface area contributed by atoms with Crippen LogP contribution >= 0.6 is 0 Å². The molecule has 2 rings (SSSR count). The van der Waals surface area contributed by atoms with Gasteiger partial charge in [0, 0.05) is 6.20 Å². The molecule has 0 saturated heterocycles. The molecular weight excluding hydrogens is 239 g/mol. The van der Waals surface area contributed by atoms with Gasteiger partial charge in [-0.25, -0.2) is 4.39 Å². The Balaban J connectivity index is 2.52. The van der Waals surface area contributed by atoms with E-state index in [0.717, 1.165) is 12.1 Å². The lowest BCUT2D eigenvalue weighted by atomic mass is 9.95. The van der Waals surface area contributed by atoms with Crippen molar-refractivity contribution in [3.63, 3.8) is 0 Å². The SMILES string of the molecule is CCNC(c1cccc(C)c1C)c1ncccc1F. The molecule has 0 bridgehead atoms. The number of rotatable bonds is 4. The highest BCUT2D eigenvalue weighted by Crippen LogP contribution is 2.26. The summed E-state index contributed by atoms with van der Waals surface area (Å²) < 4.78 is 14.0. The first-order valence-corrected chi connectivity index (χ1v) is 6.55. The highest BCUT2D eigenvalue weighted by molar-refractivity contribution is 5.39. The average Bonchev–Trinajstić information content (AvgIpc) is 2.41. The van der Waals surface area contributed by atoms with E-state index in [1.54, 1.807) is 12.3 Å². The van der Waals surface area contributed by atoms with Gasteiger partial charge in [-0.1, -0.05) is 25.1 Å². The quantitative estimate of drug-likeness (QED) is 0.907. The number of benzene rings is 1. The molecule has 1 unspecified atom stereocenters. The van der Waals surface area contributed by atoms with Gasteiger partial charge >= 0.3 is 0 Å². The number of nitrogens with one attached hydrogen (secondary N) is 1. The molecular formula is C16H19FN2. The molecule has 0 aliphatic heterocycles. The van der Waals surface area contributed by atoms with Crippen molar-refractivity contribution in [2.75, 3.05) is 6.54 Å². The lowest BCUT2D eigenvalue weighted by Crippen LogP contribution is -2.25. The lowest BCUT2D eigenvalue weighted by molar-refractivity contribution is 0.541. The summed E-state index contributed by atoms with van der Waals surface area (Å²) in [4.78, 5) is 4.21. The molecule has 100 valence electrons. The van der Waals surface area contributed by atoms with Crippen LogP contribution in [0.3, 0.4) is 0 Å². The maximum Gasteiger partial charge on any atom is 0.146 e. The summed E-state index contributed by atoms with van der Waals surface area (Å²) in [5, 5.41) is 3.32. The third kappa shape index (κ3) is 2.82. The first-order chi connectivity index (χ1) is 9.15. The third-order valence-corrected chi connectivity index (χ3v) is 3.43. The summed E-state index contributed by atoms with van der Waals surface area (Å²) >= 11 is 0. The highest BCUT2D eigenvalue weighted by atomic mass is 19.1. The summed E-state index contributed by atoms with van der Waals surface area (Å²) in [7, 11) is 0. The number of nitrogens with zero attached hydrogens (tertiary/aromatic N) is 1. The Bertz CT molecular complexity index is 566. The van der Waals surface area contributed by atoms with Crippen molar-refractivity contribution in [2.45, 2.75) is 26.8 Å². The van der Waals surface area contributed by atoms with E-state index in [9.17, 15) is 4.39 Å². The molecule has 1 aromatic heterocycles. The van der Waals surface area contributed by atoms with Gasteiger partial charge in [0.2, 0.25) is 0 Å². The van der Waals surface area contributed by atoms with Crippen LogP contribution in [0.5, 0.6) is 0 Å². The molecule has 0 saturated carbocycles. The largest absolute Gasteiger partial charge is 0.305 e. The molecule has 0 radical (unpaired) electrons. The van der Waals surface area contributed by atoms with Gasteiger partial charge in [-0.05, 0) is 49.2 Å². The maximum absolute atomic E-state index is 14.0. The van der Waals surface area contributed by atoms with Crippen LogP contribution < -0.4 is 5.32 Å². The summed E-state index contributed by atoms with van der Waals surface area (Å²) in [6, 6.07) is 8.97. The Morgan fingerprint density at radius 1 is 1.21 bits per heavy atom. The van der Waals surface area contributed by atoms with Crippen LogP contribution in [-0.2, 0) is 0 Å². The van der Waals surface area contributed by atoms with Gasteiger partial charge in [-0.15, -0.1) is 0 Å².